The van der Waals surface area contributed by atoms with Gasteiger partial charge >= 0.3 is 5.97 Å². The molecular weight excluding hydrogens is 222 g/mol. The number of carbonyl (C=O) groups is 1. The molecule has 4 heteroatoms. The second-order valence-electron chi connectivity index (χ2n) is 3.61. The van der Waals surface area contributed by atoms with Crippen molar-refractivity contribution < 1.29 is 9.90 Å². The second kappa shape index (κ2) is 6.43. The Hall–Kier alpha value is -1.16. The van der Waals surface area contributed by atoms with Gasteiger partial charge in [-0.2, -0.15) is 11.8 Å². The maximum Gasteiger partial charge on any atom is 0.335 e. The molecule has 88 valence electrons. The molecule has 0 aliphatic carbocycles. The van der Waals surface area contributed by atoms with Crippen molar-refractivity contribution in [1.82, 2.24) is 0 Å². The predicted octanol–water partition coefficient (Wildman–Crippen LogP) is 2.86. The van der Waals surface area contributed by atoms with Gasteiger partial charge in [0.25, 0.3) is 0 Å². The Bertz CT molecular complexity index is 366. The Morgan fingerprint density at radius 3 is 2.88 bits per heavy atom. The molecule has 3 nitrogen and oxygen atoms in total. The van der Waals surface area contributed by atoms with Crippen molar-refractivity contribution in [2.75, 3.05) is 23.9 Å². The number of rotatable bonds is 6. The first-order chi connectivity index (χ1) is 7.65. The van der Waals surface area contributed by atoms with E-state index in [9.17, 15) is 4.79 Å². The summed E-state index contributed by atoms with van der Waals surface area (Å²) in [6.07, 6.45) is 3.16. The highest BCUT2D eigenvalue weighted by atomic mass is 32.2. The van der Waals surface area contributed by atoms with E-state index in [0.717, 1.165) is 30.0 Å². The third-order valence-electron chi connectivity index (χ3n) is 2.33. The number of benzene rings is 1. The molecule has 0 bridgehead atoms. The van der Waals surface area contributed by atoms with Crippen LogP contribution < -0.4 is 5.32 Å². The van der Waals surface area contributed by atoms with Crippen molar-refractivity contribution >= 4 is 23.4 Å². The van der Waals surface area contributed by atoms with Crippen LogP contribution in [0.2, 0.25) is 0 Å². The largest absolute Gasteiger partial charge is 0.478 e. The van der Waals surface area contributed by atoms with Crippen LogP contribution in [0.25, 0.3) is 0 Å². The zero-order valence-electron chi connectivity index (χ0n) is 9.62. The lowest BCUT2D eigenvalue weighted by Gasteiger charge is -2.09. The minimum atomic E-state index is -0.882. The molecule has 0 aliphatic heterocycles. The molecule has 1 rings (SSSR count). The summed E-state index contributed by atoms with van der Waals surface area (Å²) in [5.41, 5.74) is 2.33. The lowest BCUT2D eigenvalue weighted by molar-refractivity contribution is 0.0697. The third-order valence-corrected chi connectivity index (χ3v) is 3.02. The number of hydrogen-bond donors (Lipinski definition) is 2. The maximum absolute atomic E-state index is 10.8. The molecule has 0 heterocycles. The van der Waals surface area contributed by atoms with Gasteiger partial charge < -0.3 is 10.4 Å². The topological polar surface area (TPSA) is 49.3 Å². The van der Waals surface area contributed by atoms with Crippen molar-refractivity contribution in [1.29, 1.82) is 0 Å². The van der Waals surface area contributed by atoms with Crippen LogP contribution >= 0.6 is 11.8 Å². The van der Waals surface area contributed by atoms with Gasteiger partial charge in [-0.05, 0) is 43.0 Å². The molecule has 1 aromatic carbocycles. The van der Waals surface area contributed by atoms with Gasteiger partial charge in [0.15, 0.2) is 0 Å². The van der Waals surface area contributed by atoms with Crippen molar-refractivity contribution in [2.24, 2.45) is 0 Å². The van der Waals surface area contributed by atoms with Crippen LogP contribution in [-0.2, 0) is 0 Å². The Balaban J connectivity index is 2.63. The molecule has 0 spiro atoms. The van der Waals surface area contributed by atoms with Crippen LogP contribution in [-0.4, -0.2) is 29.6 Å². The highest BCUT2D eigenvalue weighted by Gasteiger charge is 2.05. The van der Waals surface area contributed by atoms with E-state index >= 15 is 0 Å². The summed E-state index contributed by atoms with van der Waals surface area (Å²) in [4.78, 5) is 10.8. The summed E-state index contributed by atoms with van der Waals surface area (Å²) >= 11 is 1.81. The van der Waals surface area contributed by atoms with Crippen LogP contribution in [0, 0.1) is 6.92 Å². The minimum Gasteiger partial charge on any atom is -0.478 e. The molecule has 1 aromatic rings. The minimum absolute atomic E-state index is 0.331. The number of thioether (sulfide) groups is 1. The maximum atomic E-state index is 10.8. The van der Waals surface area contributed by atoms with Crippen LogP contribution in [0.15, 0.2) is 18.2 Å². The highest BCUT2D eigenvalue weighted by molar-refractivity contribution is 7.98. The third kappa shape index (κ3) is 3.77. The Morgan fingerprint density at radius 1 is 1.50 bits per heavy atom. The zero-order valence-corrected chi connectivity index (χ0v) is 10.4. The average molecular weight is 239 g/mol. The smallest absolute Gasteiger partial charge is 0.335 e. The fourth-order valence-corrected chi connectivity index (χ4v) is 1.82. The summed E-state index contributed by atoms with van der Waals surface area (Å²) in [5.74, 6) is 0.233. The van der Waals surface area contributed by atoms with Gasteiger partial charge in [-0.3, -0.25) is 0 Å². The molecule has 0 amide bonds. The quantitative estimate of drug-likeness (QED) is 0.749. The van der Waals surface area contributed by atoms with Crippen molar-refractivity contribution in [3.63, 3.8) is 0 Å². The zero-order chi connectivity index (χ0) is 12.0. The molecule has 2 N–H and O–H groups in total. The van der Waals surface area contributed by atoms with Gasteiger partial charge in [-0.1, -0.05) is 6.07 Å². The monoisotopic (exact) mass is 239 g/mol. The van der Waals surface area contributed by atoms with E-state index < -0.39 is 5.97 Å². The predicted molar refractivity (Wildman–Crippen MR) is 69.6 cm³/mol. The van der Waals surface area contributed by atoms with E-state index in [-0.39, 0.29) is 0 Å². The van der Waals surface area contributed by atoms with Gasteiger partial charge in [-0.15, -0.1) is 0 Å². The standard InChI is InChI=1S/C12H17NO2S/c1-9-4-5-10(12(14)15)8-11(9)13-6-3-7-16-2/h4-5,8,13H,3,6-7H2,1-2H3,(H,14,15). The molecule has 0 atom stereocenters. The van der Waals surface area contributed by atoms with Gasteiger partial charge in [-0.25, -0.2) is 4.79 Å². The lowest BCUT2D eigenvalue weighted by Crippen LogP contribution is -2.05. The number of aryl methyl sites for hydroxylation is 1. The van der Waals surface area contributed by atoms with Crippen LogP contribution in [0.5, 0.6) is 0 Å². The molecular formula is C12H17NO2S. The second-order valence-corrected chi connectivity index (χ2v) is 4.59. The van der Waals surface area contributed by atoms with E-state index in [1.54, 1.807) is 12.1 Å². The van der Waals surface area contributed by atoms with E-state index in [0.29, 0.717) is 5.56 Å². The normalized spacial score (nSPS) is 10.1. The number of anilines is 1. The summed E-state index contributed by atoms with van der Waals surface area (Å²) in [6, 6.07) is 5.15. The van der Waals surface area contributed by atoms with E-state index in [2.05, 4.69) is 11.6 Å². The number of carboxylic acid groups (broad SMARTS) is 1. The molecule has 0 fully saturated rings. The van der Waals surface area contributed by atoms with Gasteiger partial charge in [0.2, 0.25) is 0 Å². The highest BCUT2D eigenvalue weighted by Crippen LogP contribution is 2.17. The molecule has 0 unspecified atom stereocenters. The van der Waals surface area contributed by atoms with Gasteiger partial charge in [0.05, 0.1) is 5.56 Å². The van der Waals surface area contributed by atoms with Crippen LogP contribution in [0.1, 0.15) is 22.3 Å². The van der Waals surface area contributed by atoms with Crippen molar-refractivity contribution in [3.8, 4) is 0 Å². The molecule has 0 saturated carbocycles. The number of nitrogens with one attached hydrogen (secondary N) is 1. The average Bonchev–Trinajstić information content (AvgIpc) is 2.26. The first-order valence-corrected chi connectivity index (χ1v) is 6.61. The van der Waals surface area contributed by atoms with E-state index in [1.807, 2.05) is 24.8 Å². The van der Waals surface area contributed by atoms with Gasteiger partial charge in [0.1, 0.15) is 0 Å². The summed E-state index contributed by atoms with van der Waals surface area (Å²) in [6.45, 7) is 2.85. The molecule has 0 aromatic heterocycles. The Morgan fingerprint density at radius 2 is 2.25 bits per heavy atom. The first kappa shape index (κ1) is 12.9. The Labute approximate surface area is 100 Å². The summed E-state index contributed by atoms with van der Waals surface area (Å²) in [5, 5.41) is 12.1. The molecule has 16 heavy (non-hydrogen) atoms. The number of hydrogen-bond acceptors (Lipinski definition) is 3. The number of carboxylic acids is 1. The van der Waals surface area contributed by atoms with E-state index in [1.165, 1.54) is 0 Å². The first-order valence-electron chi connectivity index (χ1n) is 5.22. The van der Waals surface area contributed by atoms with Crippen LogP contribution in [0.3, 0.4) is 0 Å². The SMILES string of the molecule is CSCCCNc1cc(C(=O)O)ccc1C. The molecule has 0 aliphatic rings. The van der Waals surface area contributed by atoms with Crippen molar-refractivity contribution in [3.05, 3.63) is 29.3 Å². The van der Waals surface area contributed by atoms with E-state index in [4.69, 9.17) is 5.11 Å². The molecule has 0 saturated heterocycles. The lowest BCUT2D eigenvalue weighted by atomic mass is 10.1. The summed E-state index contributed by atoms with van der Waals surface area (Å²) in [7, 11) is 0. The summed E-state index contributed by atoms with van der Waals surface area (Å²) < 4.78 is 0. The van der Waals surface area contributed by atoms with Gasteiger partial charge in [0, 0.05) is 12.2 Å². The molecule has 0 radical (unpaired) electrons. The fourth-order valence-electron chi connectivity index (χ4n) is 1.39. The van der Waals surface area contributed by atoms with Crippen molar-refractivity contribution in [2.45, 2.75) is 13.3 Å². The number of aromatic carboxylic acids is 1. The fraction of sp³-hybridized carbons (Fsp3) is 0.417. The van der Waals surface area contributed by atoms with Crippen LogP contribution in [0.4, 0.5) is 5.69 Å². The Kier molecular flexibility index (Phi) is 5.19.